The van der Waals surface area contributed by atoms with Crippen LogP contribution in [0.5, 0.6) is 0 Å². The summed E-state index contributed by atoms with van der Waals surface area (Å²) in [6.45, 7) is 4.51. The first-order valence-electron chi connectivity index (χ1n) is 37.1. The third-order valence-corrected chi connectivity index (χ3v) is 17.1. The van der Waals surface area contributed by atoms with E-state index >= 15 is 0 Å². The fourth-order valence-corrected chi connectivity index (χ4v) is 11.1. The van der Waals surface area contributed by atoms with Gasteiger partial charge in [0.2, 0.25) is 0 Å². The molecule has 0 aromatic carbocycles. The van der Waals surface area contributed by atoms with Gasteiger partial charge in [-0.2, -0.15) is 0 Å². The zero-order valence-corrected chi connectivity index (χ0v) is 61.8. The molecular weight excluding hydrogens is 1260 g/mol. The Morgan fingerprint density at radius 1 is 0.302 bits per heavy atom. The highest BCUT2D eigenvalue weighted by Crippen LogP contribution is 2.45. The Bertz CT molecular complexity index is 2250. The topological polar surface area (TPSA) is 237 Å². The van der Waals surface area contributed by atoms with E-state index in [0.29, 0.717) is 32.1 Å². The molecule has 0 radical (unpaired) electrons. The molecule has 0 aliphatic rings. The zero-order valence-electron chi connectivity index (χ0n) is 60.0. The number of aliphatic hydroxyl groups excluding tert-OH is 1. The second-order valence-electron chi connectivity index (χ2n) is 24.5. The van der Waals surface area contributed by atoms with Crippen LogP contribution in [-0.2, 0) is 65.4 Å². The first-order valence-corrected chi connectivity index (χ1v) is 40.1. The molecule has 5 atom stereocenters. The molecule has 0 aliphatic heterocycles. The summed E-state index contributed by atoms with van der Waals surface area (Å²) in [4.78, 5) is 72.7. The molecule has 0 fully saturated rings. The number of hydrogen-bond donors (Lipinski definition) is 3. The number of aliphatic hydroxyl groups is 1. The molecular formula is C77H132O17P2. The van der Waals surface area contributed by atoms with Crippen LogP contribution < -0.4 is 0 Å². The van der Waals surface area contributed by atoms with Crippen molar-refractivity contribution in [2.24, 2.45) is 0 Å². The summed E-state index contributed by atoms with van der Waals surface area (Å²) in [5.74, 6) is -2.25. The largest absolute Gasteiger partial charge is 0.472 e. The van der Waals surface area contributed by atoms with Crippen LogP contribution in [-0.4, -0.2) is 96.7 Å². The molecule has 19 heteroatoms. The number of allylic oxidation sites excluding steroid dienone is 18. The van der Waals surface area contributed by atoms with Gasteiger partial charge in [-0.3, -0.25) is 37.3 Å². The van der Waals surface area contributed by atoms with Crippen molar-refractivity contribution in [3.8, 4) is 0 Å². The summed E-state index contributed by atoms with van der Waals surface area (Å²) in [6, 6.07) is 0. The van der Waals surface area contributed by atoms with Crippen LogP contribution >= 0.6 is 15.6 Å². The Labute approximate surface area is 581 Å². The maximum Gasteiger partial charge on any atom is 0.472 e. The minimum atomic E-state index is -4.99. The lowest BCUT2D eigenvalue weighted by Crippen LogP contribution is -2.30. The Kier molecular flexibility index (Phi) is 66.1. The normalized spacial score (nSPS) is 14.6. The van der Waals surface area contributed by atoms with Crippen molar-refractivity contribution in [1.82, 2.24) is 0 Å². The second kappa shape index (κ2) is 69.2. The van der Waals surface area contributed by atoms with Crippen LogP contribution in [0.2, 0.25) is 0 Å². The predicted molar refractivity (Wildman–Crippen MR) is 390 cm³/mol. The number of carbonyl (C=O) groups excluding carboxylic acids is 4. The van der Waals surface area contributed by atoms with E-state index in [-0.39, 0.29) is 25.7 Å². The molecule has 552 valence electrons. The molecule has 5 unspecified atom stereocenters. The van der Waals surface area contributed by atoms with Gasteiger partial charge < -0.3 is 33.8 Å². The number of phosphoric ester groups is 2. The smallest absolute Gasteiger partial charge is 0.462 e. The molecule has 0 saturated carbocycles. The van der Waals surface area contributed by atoms with Crippen LogP contribution in [0.15, 0.2) is 109 Å². The first kappa shape index (κ1) is 91.7. The van der Waals surface area contributed by atoms with Gasteiger partial charge in [0.05, 0.1) is 26.4 Å². The van der Waals surface area contributed by atoms with Gasteiger partial charge in [0, 0.05) is 25.7 Å². The summed E-state index contributed by atoms with van der Waals surface area (Å²) < 4.78 is 68.3. The first-order chi connectivity index (χ1) is 46.7. The Morgan fingerprint density at radius 2 is 0.552 bits per heavy atom. The predicted octanol–water partition coefficient (Wildman–Crippen LogP) is 21.0. The van der Waals surface area contributed by atoms with Crippen molar-refractivity contribution in [2.75, 3.05) is 39.6 Å². The average Bonchev–Trinajstić information content (AvgIpc) is 2.14. The minimum absolute atomic E-state index is 0.0388. The summed E-state index contributed by atoms with van der Waals surface area (Å²) in [7, 11) is -9.96. The van der Waals surface area contributed by atoms with Crippen molar-refractivity contribution in [2.45, 2.75) is 316 Å². The Balaban J connectivity index is 5.37. The molecule has 17 nitrogen and oxygen atoms in total. The number of phosphoric acid groups is 2. The quantitative estimate of drug-likeness (QED) is 0.0169. The summed E-state index contributed by atoms with van der Waals surface area (Å²) >= 11 is 0. The van der Waals surface area contributed by atoms with Crippen LogP contribution in [0.4, 0.5) is 0 Å². The lowest BCUT2D eigenvalue weighted by atomic mass is 10.1. The summed E-state index contributed by atoms with van der Waals surface area (Å²) in [5, 5.41) is 10.6. The van der Waals surface area contributed by atoms with Crippen molar-refractivity contribution in [1.29, 1.82) is 0 Å². The number of esters is 4. The SMILES string of the molecule is CC/C=C\C/C=C\C/C=C\C/C=C\CCCCC(=O)OC(COC(=O)CCCCCCCCC/C=C\C/C=C\C/C=C\CC)COP(=O)(O)OCC(O)COP(=O)(O)OCC(COC(=O)CCCCCCC/C=C\CCCCCC)OC(=O)CCCCCCC/C=C\CCCC. The number of rotatable bonds is 69. The zero-order chi connectivity index (χ0) is 70.4. The maximum atomic E-state index is 13.1. The van der Waals surface area contributed by atoms with E-state index in [1.165, 1.54) is 38.5 Å². The van der Waals surface area contributed by atoms with Crippen LogP contribution in [0.3, 0.4) is 0 Å². The molecule has 0 rings (SSSR count). The van der Waals surface area contributed by atoms with Crippen LogP contribution in [0.25, 0.3) is 0 Å². The molecule has 0 amide bonds. The van der Waals surface area contributed by atoms with E-state index in [9.17, 15) is 43.2 Å². The Hall–Kier alpha value is -4.28. The third-order valence-electron chi connectivity index (χ3n) is 15.2. The van der Waals surface area contributed by atoms with Gasteiger partial charge in [0.15, 0.2) is 12.2 Å². The highest BCUT2D eigenvalue weighted by molar-refractivity contribution is 7.47. The summed E-state index contributed by atoms with van der Waals surface area (Å²) in [5.41, 5.74) is 0. The van der Waals surface area contributed by atoms with E-state index in [1.807, 2.05) is 0 Å². The van der Waals surface area contributed by atoms with E-state index < -0.39 is 97.5 Å². The lowest BCUT2D eigenvalue weighted by Gasteiger charge is -2.21. The molecule has 0 bridgehead atoms. The number of hydrogen-bond acceptors (Lipinski definition) is 15. The monoisotopic (exact) mass is 1390 g/mol. The highest BCUT2D eigenvalue weighted by atomic mass is 31.2. The summed E-state index contributed by atoms with van der Waals surface area (Å²) in [6.07, 6.45) is 72.4. The standard InChI is InChI=1S/C77H132O17P2/c1-5-9-13-17-21-25-29-32-34-35-37-39-43-46-50-54-58-62-75(80)88-68-73(94-77(82)64-60-56-52-48-44-40-36-33-30-26-22-18-14-10-6-2)70-92-96(85,86)90-66-71(78)65-89-95(83,84)91-69-72(93-76(81)63-59-55-51-47-41-28-24-20-16-12-8-4)67-87-74(79)61-57-53-49-45-42-38-31-27-23-19-15-11-7-3/h9-10,13-14,20-22,24-27,31-34,36,44,48,71-73,78H,5-8,11-12,15-19,23,28-30,35,37-43,45-47,49-70H2,1-4H3,(H,83,84)(H,85,86)/b13-9-,14-10-,24-20-,25-21-,26-22-,31-27-,34-32-,36-33-,48-44-. The average molecular weight is 1390 g/mol. The Morgan fingerprint density at radius 3 is 0.896 bits per heavy atom. The van der Waals surface area contributed by atoms with E-state index in [1.54, 1.807) is 0 Å². The van der Waals surface area contributed by atoms with Crippen LogP contribution in [0.1, 0.15) is 297 Å². The molecule has 0 saturated heterocycles. The van der Waals surface area contributed by atoms with Crippen molar-refractivity contribution in [3.05, 3.63) is 109 Å². The highest BCUT2D eigenvalue weighted by Gasteiger charge is 2.30. The van der Waals surface area contributed by atoms with Gasteiger partial charge in [0.1, 0.15) is 19.3 Å². The maximum absolute atomic E-state index is 13.1. The van der Waals surface area contributed by atoms with Gasteiger partial charge in [-0.15, -0.1) is 0 Å². The molecule has 0 aliphatic carbocycles. The molecule has 96 heavy (non-hydrogen) atoms. The second-order valence-corrected chi connectivity index (χ2v) is 27.4. The molecule has 0 aromatic rings. The third kappa shape index (κ3) is 68.3. The molecule has 0 aromatic heterocycles. The van der Waals surface area contributed by atoms with Gasteiger partial charge in [-0.25, -0.2) is 9.13 Å². The van der Waals surface area contributed by atoms with Gasteiger partial charge in [-0.05, 0) is 141 Å². The van der Waals surface area contributed by atoms with Crippen molar-refractivity contribution < 1.29 is 80.2 Å². The number of carbonyl (C=O) groups is 4. The number of ether oxygens (including phenoxy) is 4. The van der Waals surface area contributed by atoms with E-state index in [2.05, 4.69) is 137 Å². The van der Waals surface area contributed by atoms with Gasteiger partial charge in [-0.1, -0.05) is 240 Å². The van der Waals surface area contributed by atoms with Crippen LogP contribution in [0, 0.1) is 0 Å². The van der Waals surface area contributed by atoms with E-state index in [0.717, 1.165) is 173 Å². The fraction of sp³-hybridized carbons (Fsp3) is 0.714. The fourth-order valence-electron chi connectivity index (χ4n) is 9.55. The molecule has 3 N–H and O–H groups in total. The minimum Gasteiger partial charge on any atom is -0.462 e. The van der Waals surface area contributed by atoms with Gasteiger partial charge in [0.25, 0.3) is 0 Å². The molecule has 0 spiro atoms. The molecule has 0 heterocycles. The lowest BCUT2D eigenvalue weighted by molar-refractivity contribution is -0.161. The van der Waals surface area contributed by atoms with Gasteiger partial charge >= 0.3 is 39.5 Å². The van der Waals surface area contributed by atoms with Crippen molar-refractivity contribution >= 4 is 39.5 Å². The van der Waals surface area contributed by atoms with E-state index in [4.69, 9.17) is 37.0 Å². The number of unbranched alkanes of at least 4 members (excludes halogenated alkanes) is 25. The van der Waals surface area contributed by atoms with Crippen molar-refractivity contribution in [3.63, 3.8) is 0 Å².